The largest absolute Gasteiger partial charge is 0.331 e. The Morgan fingerprint density at radius 2 is 1.48 bits per heavy atom. The molecule has 0 fully saturated rings. The molecule has 0 heterocycles. The van der Waals surface area contributed by atoms with E-state index >= 15 is 0 Å². The fourth-order valence-corrected chi connectivity index (χ4v) is 2.35. The predicted molar refractivity (Wildman–Crippen MR) is 95.3 cm³/mol. The van der Waals surface area contributed by atoms with Gasteiger partial charge in [0.2, 0.25) is 0 Å². The van der Waals surface area contributed by atoms with Crippen molar-refractivity contribution in [3.63, 3.8) is 0 Å². The van der Waals surface area contributed by atoms with E-state index in [1.807, 2.05) is 19.9 Å². The van der Waals surface area contributed by atoms with E-state index in [9.17, 15) is 9.59 Å². The summed E-state index contributed by atoms with van der Waals surface area (Å²) in [6, 6.07) is 1.64. The smallest absolute Gasteiger partial charge is 0.321 e. The highest BCUT2D eigenvalue weighted by Crippen LogP contribution is 2.32. The summed E-state index contributed by atoms with van der Waals surface area (Å²) in [5.74, 6) is 0. The molecule has 0 radical (unpaired) electrons. The van der Waals surface area contributed by atoms with E-state index in [2.05, 4.69) is 17.6 Å². The number of anilines is 2. The van der Waals surface area contributed by atoms with E-state index in [0.717, 1.165) is 34.5 Å². The number of aryl methyl sites for hydroxylation is 1. The molecule has 1 aromatic rings. The molecule has 6 nitrogen and oxygen atoms in total. The van der Waals surface area contributed by atoms with Gasteiger partial charge in [0.15, 0.2) is 0 Å². The van der Waals surface area contributed by atoms with Gasteiger partial charge in [0.25, 0.3) is 0 Å². The monoisotopic (exact) mass is 320 g/mol. The SMILES string of the molecule is CCc1cc(NC(=O)N(C)C)c(CC)c(NC(=O)N(C)C)c1C. The molecule has 0 saturated carbocycles. The Morgan fingerprint density at radius 3 is 1.91 bits per heavy atom. The topological polar surface area (TPSA) is 64.7 Å². The number of nitrogens with one attached hydrogen (secondary N) is 2. The van der Waals surface area contributed by atoms with Crippen LogP contribution in [0.3, 0.4) is 0 Å². The third-order valence-corrected chi connectivity index (χ3v) is 3.82. The van der Waals surface area contributed by atoms with Crippen molar-refractivity contribution in [2.24, 2.45) is 0 Å². The van der Waals surface area contributed by atoms with Crippen LogP contribution in [0.25, 0.3) is 0 Å². The van der Waals surface area contributed by atoms with E-state index in [1.165, 1.54) is 9.80 Å². The summed E-state index contributed by atoms with van der Waals surface area (Å²) < 4.78 is 0. The van der Waals surface area contributed by atoms with Gasteiger partial charge in [-0.15, -0.1) is 0 Å². The van der Waals surface area contributed by atoms with Crippen molar-refractivity contribution in [2.75, 3.05) is 38.8 Å². The summed E-state index contributed by atoms with van der Waals surface area (Å²) >= 11 is 0. The van der Waals surface area contributed by atoms with Gasteiger partial charge in [0, 0.05) is 33.9 Å². The first kappa shape index (κ1) is 18.8. The highest BCUT2D eigenvalue weighted by molar-refractivity contribution is 5.96. The molecule has 0 aliphatic carbocycles. The number of urea groups is 2. The number of rotatable bonds is 4. The van der Waals surface area contributed by atoms with Gasteiger partial charge in [-0.05, 0) is 42.5 Å². The molecule has 1 aromatic carbocycles. The Hall–Kier alpha value is -2.24. The molecule has 23 heavy (non-hydrogen) atoms. The highest BCUT2D eigenvalue weighted by Gasteiger charge is 2.18. The third kappa shape index (κ3) is 4.37. The van der Waals surface area contributed by atoms with Gasteiger partial charge < -0.3 is 20.4 Å². The summed E-state index contributed by atoms with van der Waals surface area (Å²) in [4.78, 5) is 27.1. The van der Waals surface area contributed by atoms with Crippen LogP contribution in [-0.4, -0.2) is 50.1 Å². The van der Waals surface area contributed by atoms with E-state index < -0.39 is 0 Å². The van der Waals surface area contributed by atoms with Crippen LogP contribution in [-0.2, 0) is 12.8 Å². The van der Waals surface area contributed by atoms with Crippen molar-refractivity contribution in [3.05, 3.63) is 22.8 Å². The normalized spacial score (nSPS) is 10.2. The molecule has 0 aromatic heterocycles. The molecular formula is C17H28N4O2. The second-order valence-corrected chi connectivity index (χ2v) is 5.92. The van der Waals surface area contributed by atoms with Gasteiger partial charge in [-0.1, -0.05) is 13.8 Å². The molecule has 0 unspecified atom stereocenters. The maximum atomic E-state index is 12.1. The first-order chi connectivity index (χ1) is 10.7. The average Bonchev–Trinajstić information content (AvgIpc) is 2.49. The summed E-state index contributed by atoms with van der Waals surface area (Å²) in [6.07, 6.45) is 1.53. The number of hydrogen-bond donors (Lipinski definition) is 2. The second kappa shape index (κ2) is 7.85. The fraction of sp³-hybridized carbons (Fsp3) is 0.529. The minimum atomic E-state index is -0.185. The maximum absolute atomic E-state index is 12.1. The molecule has 0 aliphatic rings. The van der Waals surface area contributed by atoms with Gasteiger partial charge in [-0.2, -0.15) is 0 Å². The summed E-state index contributed by atoms with van der Waals surface area (Å²) in [7, 11) is 6.80. The van der Waals surface area contributed by atoms with Crippen LogP contribution in [0, 0.1) is 6.92 Å². The van der Waals surface area contributed by atoms with Crippen LogP contribution < -0.4 is 10.6 Å². The molecule has 0 bridgehead atoms. The molecule has 2 N–H and O–H groups in total. The number of carbonyl (C=O) groups is 2. The number of hydrogen-bond acceptors (Lipinski definition) is 2. The molecule has 128 valence electrons. The van der Waals surface area contributed by atoms with Crippen molar-refractivity contribution in [3.8, 4) is 0 Å². The summed E-state index contributed by atoms with van der Waals surface area (Å²) in [5.41, 5.74) is 4.63. The van der Waals surface area contributed by atoms with E-state index in [1.54, 1.807) is 28.2 Å². The van der Waals surface area contributed by atoms with Gasteiger partial charge in [0.1, 0.15) is 0 Å². The number of carbonyl (C=O) groups excluding carboxylic acids is 2. The predicted octanol–water partition coefficient (Wildman–Crippen LogP) is 3.31. The van der Waals surface area contributed by atoms with Crippen LogP contribution in [0.4, 0.5) is 21.0 Å². The molecule has 0 spiro atoms. The lowest BCUT2D eigenvalue weighted by molar-refractivity contribution is 0.230. The van der Waals surface area contributed by atoms with Gasteiger partial charge in [-0.3, -0.25) is 0 Å². The molecule has 6 heteroatoms. The maximum Gasteiger partial charge on any atom is 0.321 e. The minimum Gasteiger partial charge on any atom is -0.331 e. The molecule has 0 aliphatic heterocycles. The van der Waals surface area contributed by atoms with Crippen LogP contribution in [0.5, 0.6) is 0 Å². The van der Waals surface area contributed by atoms with Gasteiger partial charge in [0.05, 0.1) is 5.69 Å². The van der Waals surface area contributed by atoms with E-state index in [-0.39, 0.29) is 12.1 Å². The van der Waals surface area contributed by atoms with E-state index in [4.69, 9.17) is 0 Å². The zero-order chi connectivity index (χ0) is 17.7. The minimum absolute atomic E-state index is 0.180. The highest BCUT2D eigenvalue weighted by atomic mass is 16.2. The number of amides is 4. The van der Waals surface area contributed by atoms with Gasteiger partial charge in [-0.25, -0.2) is 9.59 Å². The first-order valence-corrected chi connectivity index (χ1v) is 7.84. The van der Waals surface area contributed by atoms with Crippen LogP contribution in [0.15, 0.2) is 6.07 Å². The van der Waals surface area contributed by atoms with Crippen molar-refractivity contribution in [1.82, 2.24) is 9.80 Å². The lowest BCUT2D eigenvalue weighted by Gasteiger charge is -2.23. The van der Waals surface area contributed by atoms with Crippen molar-refractivity contribution < 1.29 is 9.59 Å². The second-order valence-electron chi connectivity index (χ2n) is 5.92. The molecule has 0 atom stereocenters. The standard InChI is InChI=1S/C17H28N4O2/c1-8-12-10-14(18-16(22)20(4)5)13(9-2)15(11(12)3)19-17(23)21(6)7/h10H,8-9H2,1-7H3,(H,18,22)(H,19,23). The number of benzene rings is 1. The lowest BCUT2D eigenvalue weighted by Crippen LogP contribution is -2.30. The third-order valence-electron chi connectivity index (χ3n) is 3.82. The van der Waals surface area contributed by atoms with Crippen molar-refractivity contribution in [2.45, 2.75) is 33.6 Å². The Morgan fingerprint density at radius 1 is 0.957 bits per heavy atom. The lowest BCUT2D eigenvalue weighted by atomic mass is 9.96. The zero-order valence-corrected chi connectivity index (χ0v) is 15.2. The molecular weight excluding hydrogens is 292 g/mol. The Bertz CT molecular complexity index is 595. The Kier molecular flexibility index (Phi) is 6.42. The van der Waals surface area contributed by atoms with Crippen LogP contribution in [0.1, 0.15) is 30.5 Å². The summed E-state index contributed by atoms with van der Waals surface area (Å²) in [6.45, 7) is 6.07. The quantitative estimate of drug-likeness (QED) is 0.894. The Labute approximate surface area is 138 Å². The Balaban J connectivity index is 3.41. The average molecular weight is 320 g/mol. The molecule has 0 saturated heterocycles. The summed E-state index contributed by atoms with van der Waals surface area (Å²) in [5, 5.41) is 5.90. The first-order valence-electron chi connectivity index (χ1n) is 7.84. The van der Waals surface area contributed by atoms with Crippen molar-refractivity contribution >= 4 is 23.4 Å². The zero-order valence-electron chi connectivity index (χ0n) is 15.2. The van der Waals surface area contributed by atoms with Crippen molar-refractivity contribution in [1.29, 1.82) is 0 Å². The van der Waals surface area contributed by atoms with E-state index in [0.29, 0.717) is 6.42 Å². The number of nitrogens with zero attached hydrogens (tertiary/aromatic N) is 2. The van der Waals surface area contributed by atoms with Crippen LogP contribution >= 0.6 is 0 Å². The molecule has 1 rings (SSSR count). The van der Waals surface area contributed by atoms with Gasteiger partial charge >= 0.3 is 12.1 Å². The van der Waals surface area contributed by atoms with Crippen LogP contribution in [0.2, 0.25) is 0 Å². The molecule has 4 amide bonds. The fourth-order valence-electron chi connectivity index (χ4n) is 2.35.